The molecule has 0 radical (unpaired) electrons. The van der Waals surface area contributed by atoms with E-state index in [-0.39, 0.29) is 12.4 Å². The van der Waals surface area contributed by atoms with Crippen molar-refractivity contribution < 1.29 is 0 Å². The van der Waals surface area contributed by atoms with Gasteiger partial charge in [0, 0.05) is 12.6 Å². The van der Waals surface area contributed by atoms with Crippen molar-refractivity contribution in [2.75, 3.05) is 19.6 Å². The number of hydrogen-bond acceptors (Lipinski definition) is 2. The smallest absolute Gasteiger partial charge is 0.0236 e. The number of piperidine rings is 1. The van der Waals surface area contributed by atoms with Crippen molar-refractivity contribution >= 4 is 12.4 Å². The summed E-state index contributed by atoms with van der Waals surface area (Å²) in [6.07, 6.45) is 5.55. The van der Waals surface area contributed by atoms with Crippen molar-refractivity contribution in [3.05, 3.63) is 34.9 Å². The van der Waals surface area contributed by atoms with Crippen LogP contribution in [0.3, 0.4) is 0 Å². The highest BCUT2D eigenvalue weighted by molar-refractivity contribution is 5.85. The Labute approximate surface area is 135 Å². The molecule has 0 spiro atoms. The minimum absolute atomic E-state index is 0. The number of rotatable bonds is 5. The average Bonchev–Trinajstić information content (AvgIpc) is 3.26. The zero-order valence-corrected chi connectivity index (χ0v) is 14.2. The molecule has 1 saturated carbocycles. The Morgan fingerprint density at radius 2 is 1.81 bits per heavy atom. The van der Waals surface area contributed by atoms with Gasteiger partial charge >= 0.3 is 0 Å². The van der Waals surface area contributed by atoms with Crippen molar-refractivity contribution in [1.29, 1.82) is 0 Å². The minimum atomic E-state index is 0. The van der Waals surface area contributed by atoms with Crippen LogP contribution >= 0.6 is 12.4 Å². The molecular weight excluding hydrogens is 280 g/mol. The first kappa shape index (κ1) is 16.8. The van der Waals surface area contributed by atoms with Gasteiger partial charge in [-0.15, -0.1) is 12.4 Å². The van der Waals surface area contributed by atoms with Gasteiger partial charge in [-0.2, -0.15) is 0 Å². The van der Waals surface area contributed by atoms with E-state index in [2.05, 4.69) is 42.3 Å². The molecule has 1 aliphatic heterocycles. The predicted octanol–water partition coefficient (Wildman–Crippen LogP) is 3.69. The number of nitrogens with zero attached hydrogens (tertiary/aromatic N) is 1. The molecule has 2 nitrogen and oxygen atoms in total. The molecule has 2 aliphatic rings. The predicted molar refractivity (Wildman–Crippen MR) is 92.2 cm³/mol. The van der Waals surface area contributed by atoms with Crippen LogP contribution in [0.5, 0.6) is 0 Å². The average molecular weight is 309 g/mol. The second-order valence-electron chi connectivity index (χ2n) is 6.83. The van der Waals surface area contributed by atoms with Gasteiger partial charge < -0.3 is 5.32 Å². The highest BCUT2D eigenvalue weighted by Crippen LogP contribution is 2.28. The number of hydrogen-bond donors (Lipinski definition) is 1. The molecule has 1 aromatic carbocycles. The third kappa shape index (κ3) is 4.98. The molecule has 1 aromatic rings. The van der Waals surface area contributed by atoms with Gasteiger partial charge in [-0.25, -0.2) is 0 Å². The van der Waals surface area contributed by atoms with E-state index in [0.717, 1.165) is 18.5 Å². The fraction of sp³-hybridized carbons (Fsp3) is 0.667. The van der Waals surface area contributed by atoms with E-state index in [1.165, 1.54) is 62.0 Å². The van der Waals surface area contributed by atoms with Gasteiger partial charge in [0.25, 0.3) is 0 Å². The molecule has 1 saturated heterocycles. The fourth-order valence-electron chi connectivity index (χ4n) is 3.16. The molecule has 0 amide bonds. The van der Waals surface area contributed by atoms with Crippen molar-refractivity contribution in [2.24, 2.45) is 5.92 Å². The SMILES string of the molecule is Cc1ccc(C)c(CN2CCC(NCC3CC3)CC2)c1.Cl. The highest BCUT2D eigenvalue weighted by atomic mass is 35.5. The molecule has 2 fully saturated rings. The minimum Gasteiger partial charge on any atom is -0.314 e. The van der Waals surface area contributed by atoms with Crippen LogP contribution in [0.15, 0.2) is 18.2 Å². The normalized spacial score (nSPS) is 20.3. The largest absolute Gasteiger partial charge is 0.314 e. The molecule has 0 bridgehead atoms. The van der Waals surface area contributed by atoms with Crippen LogP contribution < -0.4 is 5.32 Å². The van der Waals surface area contributed by atoms with Gasteiger partial charge in [0.2, 0.25) is 0 Å². The van der Waals surface area contributed by atoms with Crippen molar-refractivity contribution in [3.8, 4) is 0 Å². The summed E-state index contributed by atoms with van der Waals surface area (Å²) in [5, 5.41) is 3.76. The van der Waals surface area contributed by atoms with E-state index in [9.17, 15) is 0 Å². The van der Waals surface area contributed by atoms with Crippen molar-refractivity contribution in [3.63, 3.8) is 0 Å². The first-order chi connectivity index (χ1) is 9.70. The molecule has 1 aliphatic carbocycles. The summed E-state index contributed by atoms with van der Waals surface area (Å²) in [7, 11) is 0. The van der Waals surface area contributed by atoms with E-state index in [0.29, 0.717) is 0 Å². The summed E-state index contributed by atoms with van der Waals surface area (Å²) in [6.45, 7) is 9.31. The molecule has 1 N–H and O–H groups in total. The maximum Gasteiger partial charge on any atom is 0.0236 e. The summed E-state index contributed by atoms with van der Waals surface area (Å²) in [4.78, 5) is 2.62. The highest BCUT2D eigenvalue weighted by Gasteiger charge is 2.24. The van der Waals surface area contributed by atoms with Crippen LogP contribution in [0.4, 0.5) is 0 Å². The lowest BCUT2D eigenvalue weighted by molar-refractivity contribution is 0.190. The third-order valence-corrected chi connectivity index (χ3v) is 4.88. The summed E-state index contributed by atoms with van der Waals surface area (Å²) >= 11 is 0. The zero-order valence-electron chi connectivity index (χ0n) is 13.4. The first-order valence-corrected chi connectivity index (χ1v) is 8.22. The van der Waals surface area contributed by atoms with Crippen molar-refractivity contribution in [2.45, 2.75) is 52.1 Å². The van der Waals surface area contributed by atoms with Gasteiger partial charge in [0.15, 0.2) is 0 Å². The Morgan fingerprint density at radius 3 is 2.48 bits per heavy atom. The molecular formula is C18H29ClN2. The number of likely N-dealkylation sites (tertiary alicyclic amines) is 1. The lowest BCUT2D eigenvalue weighted by Crippen LogP contribution is -2.42. The Kier molecular flexibility index (Phi) is 6.09. The zero-order chi connectivity index (χ0) is 13.9. The summed E-state index contributed by atoms with van der Waals surface area (Å²) in [5.41, 5.74) is 4.32. The summed E-state index contributed by atoms with van der Waals surface area (Å²) in [5.74, 6) is 1.00. The molecule has 0 aromatic heterocycles. The molecule has 21 heavy (non-hydrogen) atoms. The topological polar surface area (TPSA) is 15.3 Å². The van der Waals surface area contributed by atoms with Crippen LogP contribution in [0, 0.1) is 19.8 Å². The quantitative estimate of drug-likeness (QED) is 0.892. The Balaban J connectivity index is 0.00000161. The van der Waals surface area contributed by atoms with Gasteiger partial charge in [0.1, 0.15) is 0 Å². The molecule has 118 valence electrons. The lowest BCUT2D eigenvalue weighted by atomic mass is 10.0. The molecule has 1 heterocycles. The standard InChI is InChI=1S/C18H28N2.ClH/c1-14-3-4-15(2)17(11-14)13-20-9-7-18(8-10-20)19-12-16-5-6-16;/h3-4,11,16,18-19H,5-10,12-13H2,1-2H3;1H. The second kappa shape index (κ2) is 7.62. The number of halogens is 1. The van der Waals surface area contributed by atoms with Gasteiger partial charge in [0.05, 0.1) is 0 Å². The van der Waals surface area contributed by atoms with E-state index in [1.807, 2.05) is 0 Å². The number of benzene rings is 1. The van der Waals surface area contributed by atoms with Crippen LogP contribution in [0.25, 0.3) is 0 Å². The van der Waals surface area contributed by atoms with Crippen LogP contribution in [0.2, 0.25) is 0 Å². The van der Waals surface area contributed by atoms with Gasteiger partial charge in [-0.3, -0.25) is 4.90 Å². The molecule has 0 unspecified atom stereocenters. The molecule has 3 rings (SSSR count). The number of nitrogens with one attached hydrogen (secondary N) is 1. The first-order valence-electron chi connectivity index (χ1n) is 8.22. The number of aryl methyl sites for hydroxylation is 2. The Hall–Kier alpha value is -0.570. The lowest BCUT2D eigenvalue weighted by Gasteiger charge is -2.33. The Bertz CT molecular complexity index is 449. The van der Waals surface area contributed by atoms with Crippen LogP contribution in [-0.4, -0.2) is 30.6 Å². The maximum atomic E-state index is 3.76. The maximum absolute atomic E-state index is 3.76. The second-order valence-corrected chi connectivity index (χ2v) is 6.83. The molecule has 0 atom stereocenters. The van der Waals surface area contributed by atoms with Gasteiger partial charge in [-0.1, -0.05) is 23.8 Å². The molecule has 3 heteroatoms. The van der Waals surface area contributed by atoms with E-state index < -0.39 is 0 Å². The summed E-state index contributed by atoms with van der Waals surface area (Å²) in [6, 6.07) is 7.60. The Morgan fingerprint density at radius 1 is 1.10 bits per heavy atom. The van der Waals surface area contributed by atoms with Gasteiger partial charge in [-0.05, 0) is 76.2 Å². The fourth-order valence-corrected chi connectivity index (χ4v) is 3.16. The monoisotopic (exact) mass is 308 g/mol. The van der Waals surface area contributed by atoms with E-state index in [1.54, 1.807) is 0 Å². The van der Waals surface area contributed by atoms with Crippen LogP contribution in [-0.2, 0) is 6.54 Å². The van der Waals surface area contributed by atoms with E-state index in [4.69, 9.17) is 0 Å². The third-order valence-electron chi connectivity index (χ3n) is 4.88. The van der Waals surface area contributed by atoms with Crippen LogP contribution in [0.1, 0.15) is 42.4 Å². The van der Waals surface area contributed by atoms with Crippen molar-refractivity contribution in [1.82, 2.24) is 10.2 Å². The van der Waals surface area contributed by atoms with E-state index >= 15 is 0 Å². The summed E-state index contributed by atoms with van der Waals surface area (Å²) < 4.78 is 0.